The number of primary amides is 1. The fourth-order valence-corrected chi connectivity index (χ4v) is 3.87. The van der Waals surface area contributed by atoms with Crippen LogP contribution in [0.1, 0.15) is 85.6 Å². The van der Waals surface area contributed by atoms with Crippen LogP contribution in [0.15, 0.2) is 24.3 Å². The van der Waals surface area contributed by atoms with E-state index in [1.807, 2.05) is 20.8 Å². The molecule has 1 aromatic carbocycles. The Hall–Kier alpha value is -3.43. The number of hydrogen-bond donors (Lipinski definition) is 3. The summed E-state index contributed by atoms with van der Waals surface area (Å²) in [6.45, 7) is 10.6. The standard InChI is InChI=1S/C30H47N3O7/c1-7-9-10-11-27(36)33-24(25(34)17-23(20(3)8-2)28(37)32-18-26(31)35)16-21-12-14-22(15-13-21)39-19-40-29(38)30(4,5)6/h12-15,20,23-24H,7-11,16-19H2,1-6H3,(H2,31,35)(H,32,37)(H,33,36). The summed E-state index contributed by atoms with van der Waals surface area (Å²) in [7, 11) is 0. The average molecular weight is 562 g/mol. The van der Waals surface area contributed by atoms with Crippen LogP contribution in [0, 0.1) is 17.3 Å². The molecule has 1 aromatic rings. The van der Waals surface area contributed by atoms with Crippen LogP contribution in [0.2, 0.25) is 0 Å². The Balaban J connectivity index is 2.98. The van der Waals surface area contributed by atoms with Crippen molar-refractivity contribution in [1.29, 1.82) is 0 Å². The highest BCUT2D eigenvalue weighted by Crippen LogP contribution is 2.22. The van der Waals surface area contributed by atoms with Gasteiger partial charge in [0.05, 0.1) is 18.0 Å². The summed E-state index contributed by atoms with van der Waals surface area (Å²) in [6, 6.07) is 6.12. The van der Waals surface area contributed by atoms with Crippen LogP contribution < -0.4 is 21.1 Å². The topological polar surface area (TPSA) is 154 Å². The Morgan fingerprint density at radius 2 is 1.65 bits per heavy atom. The fourth-order valence-electron chi connectivity index (χ4n) is 3.87. The Morgan fingerprint density at radius 1 is 1.00 bits per heavy atom. The second kappa shape index (κ2) is 17.3. The van der Waals surface area contributed by atoms with Crippen LogP contribution in [0.3, 0.4) is 0 Å². The van der Waals surface area contributed by atoms with Gasteiger partial charge in [0, 0.05) is 18.8 Å². The summed E-state index contributed by atoms with van der Waals surface area (Å²) in [5.41, 5.74) is 5.31. The normalized spacial score (nSPS) is 13.4. The molecule has 0 aliphatic heterocycles. The number of amides is 3. The van der Waals surface area contributed by atoms with Gasteiger partial charge in [-0.05, 0) is 57.2 Å². The lowest BCUT2D eigenvalue weighted by Gasteiger charge is -2.25. The van der Waals surface area contributed by atoms with Gasteiger partial charge in [0.1, 0.15) is 5.75 Å². The zero-order chi connectivity index (χ0) is 30.3. The summed E-state index contributed by atoms with van der Waals surface area (Å²) < 4.78 is 10.6. The van der Waals surface area contributed by atoms with Crippen LogP contribution >= 0.6 is 0 Å². The molecule has 40 heavy (non-hydrogen) atoms. The summed E-state index contributed by atoms with van der Waals surface area (Å²) >= 11 is 0. The van der Waals surface area contributed by atoms with E-state index >= 15 is 0 Å². The van der Waals surface area contributed by atoms with E-state index in [-0.39, 0.29) is 49.8 Å². The number of unbranched alkanes of at least 4 members (excludes halogenated alkanes) is 2. The number of esters is 1. The van der Waals surface area contributed by atoms with Gasteiger partial charge in [0.15, 0.2) is 5.78 Å². The second-order valence-corrected chi connectivity index (χ2v) is 11.2. The minimum absolute atomic E-state index is 0.0835. The molecule has 10 nitrogen and oxygen atoms in total. The van der Waals surface area contributed by atoms with Crippen LogP contribution in [-0.2, 0) is 35.1 Å². The maximum Gasteiger partial charge on any atom is 0.314 e. The summed E-state index contributed by atoms with van der Waals surface area (Å²) in [6.07, 6.45) is 3.72. The van der Waals surface area contributed by atoms with Crippen LogP contribution in [0.4, 0.5) is 0 Å². The minimum Gasteiger partial charge on any atom is -0.457 e. The number of ether oxygens (including phenoxy) is 2. The third-order valence-corrected chi connectivity index (χ3v) is 6.65. The Morgan fingerprint density at radius 3 is 2.20 bits per heavy atom. The first-order valence-electron chi connectivity index (χ1n) is 14.0. The molecule has 0 bridgehead atoms. The van der Waals surface area contributed by atoms with E-state index < -0.39 is 29.2 Å². The van der Waals surface area contributed by atoms with E-state index in [0.717, 1.165) is 24.8 Å². The van der Waals surface area contributed by atoms with Crippen molar-refractivity contribution in [2.45, 2.75) is 92.5 Å². The largest absolute Gasteiger partial charge is 0.457 e. The molecule has 0 aliphatic carbocycles. The number of carbonyl (C=O) groups excluding carboxylic acids is 5. The number of carbonyl (C=O) groups is 5. The maximum atomic E-state index is 13.5. The molecule has 1 rings (SSSR count). The number of nitrogens with one attached hydrogen (secondary N) is 2. The van der Waals surface area contributed by atoms with E-state index in [1.165, 1.54) is 0 Å². The van der Waals surface area contributed by atoms with Gasteiger partial charge < -0.3 is 25.8 Å². The predicted molar refractivity (Wildman–Crippen MR) is 152 cm³/mol. The van der Waals surface area contributed by atoms with E-state index in [4.69, 9.17) is 15.2 Å². The number of benzene rings is 1. The molecule has 0 spiro atoms. The predicted octanol–water partition coefficient (Wildman–Crippen LogP) is 3.44. The average Bonchev–Trinajstić information content (AvgIpc) is 2.89. The van der Waals surface area contributed by atoms with Crippen LogP contribution in [0.25, 0.3) is 0 Å². The molecule has 3 amide bonds. The van der Waals surface area contributed by atoms with Crippen molar-refractivity contribution in [1.82, 2.24) is 10.6 Å². The van der Waals surface area contributed by atoms with Gasteiger partial charge in [0.2, 0.25) is 24.5 Å². The third kappa shape index (κ3) is 13.1. The Kier molecular flexibility index (Phi) is 15.0. The van der Waals surface area contributed by atoms with Gasteiger partial charge in [-0.2, -0.15) is 0 Å². The van der Waals surface area contributed by atoms with Crippen molar-refractivity contribution in [3.05, 3.63) is 29.8 Å². The van der Waals surface area contributed by atoms with Crippen molar-refractivity contribution in [2.24, 2.45) is 23.0 Å². The van der Waals surface area contributed by atoms with E-state index in [0.29, 0.717) is 18.6 Å². The molecule has 4 N–H and O–H groups in total. The number of hydrogen-bond acceptors (Lipinski definition) is 7. The van der Waals surface area contributed by atoms with Gasteiger partial charge >= 0.3 is 5.97 Å². The maximum absolute atomic E-state index is 13.5. The molecule has 10 heteroatoms. The molecule has 0 aliphatic rings. The number of ketones is 1. The highest BCUT2D eigenvalue weighted by molar-refractivity contribution is 5.93. The monoisotopic (exact) mass is 561 g/mol. The van der Waals surface area contributed by atoms with Crippen molar-refractivity contribution in [2.75, 3.05) is 13.3 Å². The third-order valence-electron chi connectivity index (χ3n) is 6.65. The summed E-state index contributed by atoms with van der Waals surface area (Å²) in [5, 5.41) is 5.37. The SMILES string of the molecule is CCCCCC(=O)NC(Cc1ccc(OCOC(=O)C(C)(C)C)cc1)C(=O)CC(C(=O)NCC(N)=O)C(C)CC. The highest BCUT2D eigenvalue weighted by atomic mass is 16.7. The molecule has 0 saturated heterocycles. The van der Waals surface area contributed by atoms with Gasteiger partial charge in [-0.1, -0.05) is 52.2 Å². The lowest BCUT2D eigenvalue weighted by Crippen LogP contribution is -2.45. The minimum atomic E-state index is -0.830. The van der Waals surface area contributed by atoms with Gasteiger partial charge in [0.25, 0.3) is 0 Å². The van der Waals surface area contributed by atoms with Crippen LogP contribution in [-0.4, -0.2) is 48.9 Å². The fraction of sp³-hybridized carbons (Fsp3) is 0.633. The van der Waals surface area contributed by atoms with E-state index in [2.05, 4.69) is 10.6 Å². The molecule has 0 saturated carbocycles. The molecular formula is C30H47N3O7. The smallest absolute Gasteiger partial charge is 0.314 e. The van der Waals surface area contributed by atoms with Gasteiger partial charge in [-0.25, -0.2) is 0 Å². The van der Waals surface area contributed by atoms with E-state index in [1.54, 1.807) is 45.0 Å². The molecule has 0 radical (unpaired) electrons. The Labute approximate surface area is 238 Å². The lowest BCUT2D eigenvalue weighted by atomic mass is 9.84. The zero-order valence-corrected chi connectivity index (χ0v) is 24.8. The first-order valence-corrected chi connectivity index (χ1v) is 14.0. The molecular weight excluding hydrogens is 514 g/mol. The summed E-state index contributed by atoms with van der Waals surface area (Å²) in [5.74, 6) is -2.24. The molecule has 3 atom stereocenters. The Bertz CT molecular complexity index is 986. The molecule has 0 heterocycles. The molecule has 0 aromatic heterocycles. The molecule has 0 fully saturated rings. The number of nitrogens with two attached hydrogens (primary N) is 1. The van der Waals surface area contributed by atoms with Crippen molar-refractivity contribution < 1.29 is 33.4 Å². The first kappa shape index (κ1) is 34.6. The van der Waals surface area contributed by atoms with E-state index in [9.17, 15) is 24.0 Å². The quantitative estimate of drug-likeness (QED) is 0.141. The zero-order valence-electron chi connectivity index (χ0n) is 24.8. The second-order valence-electron chi connectivity index (χ2n) is 11.2. The van der Waals surface area contributed by atoms with Crippen molar-refractivity contribution in [3.63, 3.8) is 0 Å². The van der Waals surface area contributed by atoms with Crippen molar-refractivity contribution >= 4 is 29.5 Å². The first-order chi connectivity index (χ1) is 18.8. The molecule has 3 unspecified atom stereocenters. The lowest BCUT2D eigenvalue weighted by molar-refractivity contribution is -0.159. The number of Topliss-reactive ketones (excluding diaryl/α,β-unsaturated/α-hetero) is 1. The molecule has 224 valence electrons. The summed E-state index contributed by atoms with van der Waals surface area (Å²) in [4.78, 5) is 62.0. The highest BCUT2D eigenvalue weighted by Gasteiger charge is 2.31. The number of rotatable bonds is 18. The van der Waals surface area contributed by atoms with Crippen molar-refractivity contribution in [3.8, 4) is 5.75 Å². The van der Waals surface area contributed by atoms with Crippen LogP contribution in [0.5, 0.6) is 5.75 Å². The van der Waals surface area contributed by atoms with Gasteiger partial charge in [-0.3, -0.25) is 24.0 Å². The van der Waals surface area contributed by atoms with Gasteiger partial charge in [-0.15, -0.1) is 0 Å².